The van der Waals surface area contributed by atoms with E-state index in [0.29, 0.717) is 18.3 Å². The number of rotatable bonds is 3. The Labute approximate surface area is 120 Å². The number of hydrogen-bond donors (Lipinski definition) is 2. The van der Waals surface area contributed by atoms with E-state index in [2.05, 4.69) is 5.32 Å². The van der Waals surface area contributed by atoms with Crippen LogP contribution in [-0.2, 0) is 9.59 Å². The number of fused-ring (bicyclic) bond motifs is 2. The molecule has 0 aliphatic heterocycles. The summed E-state index contributed by atoms with van der Waals surface area (Å²) in [7, 11) is 0. The minimum absolute atomic E-state index is 0.00773. The van der Waals surface area contributed by atoms with Crippen LogP contribution in [0.5, 0.6) is 0 Å². The maximum Gasteiger partial charge on any atom is 0.329 e. The van der Waals surface area contributed by atoms with Gasteiger partial charge in [-0.05, 0) is 49.9 Å². The lowest BCUT2D eigenvalue weighted by molar-refractivity contribution is -0.153. The molecule has 3 aliphatic rings. The Morgan fingerprint density at radius 1 is 1.15 bits per heavy atom. The maximum absolute atomic E-state index is 12.6. The van der Waals surface area contributed by atoms with Crippen LogP contribution in [0.15, 0.2) is 0 Å². The fourth-order valence-electron chi connectivity index (χ4n) is 4.78. The van der Waals surface area contributed by atoms with Crippen molar-refractivity contribution < 1.29 is 14.7 Å². The van der Waals surface area contributed by atoms with Gasteiger partial charge in [0, 0.05) is 5.92 Å². The predicted octanol–water partition coefficient (Wildman–Crippen LogP) is 2.57. The van der Waals surface area contributed by atoms with Crippen LogP contribution in [0.4, 0.5) is 0 Å². The number of hydrogen-bond acceptors (Lipinski definition) is 2. The zero-order chi connectivity index (χ0) is 14.3. The lowest BCUT2D eigenvalue weighted by atomic mass is 9.73. The molecule has 0 aromatic rings. The first-order valence-electron chi connectivity index (χ1n) is 8.08. The minimum atomic E-state index is -1.02. The molecule has 4 heteroatoms. The summed E-state index contributed by atoms with van der Waals surface area (Å²) in [6, 6.07) is 0. The molecule has 0 saturated heterocycles. The second kappa shape index (κ2) is 5.05. The summed E-state index contributed by atoms with van der Waals surface area (Å²) in [5.41, 5.74) is -1.02. The van der Waals surface area contributed by atoms with Crippen LogP contribution in [0.3, 0.4) is 0 Å². The first kappa shape index (κ1) is 13.9. The summed E-state index contributed by atoms with van der Waals surface area (Å²) in [6.07, 6.45) is 7.99. The van der Waals surface area contributed by atoms with Gasteiger partial charge in [-0.15, -0.1) is 0 Å². The summed E-state index contributed by atoms with van der Waals surface area (Å²) in [5, 5.41) is 12.6. The highest BCUT2D eigenvalue weighted by molar-refractivity contribution is 5.88. The molecule has 3 fully saturated rings. The summed E-state index contributed by atoms with van der Waals surface area (Å²) in [4.78, 5) is 24.4. The molecule has 1 amide bonds. The molecular weight excluding hydrogens is 254 g/mol. The van der Waals surface area contributed by atoms with Crippen LogP contribution >= 0.6 is 0 Å². The maximum atomic E-state index is 12.6. The molecule has 0 aromatic heterocycles. The third-order valence-corrected chi connectivity index (χ3v) is 6.10. The van der Waals surface area contributed by atoms with E-state index in [1.807, 2.05) is 6.92 Å². The van der Waals surface area contributed by atoms with Gasteiger partial charge in [0.05, 0.1) is 0 Å². The van der Waals surface area contributed by atoms with Crippen LogP contribution < -0.4 is 5.32 Å². The quantitative estimate of drug-likeness (QED) is 0.834. The van der Waals surface area contributed by atoms with E-state index >= 15 is 0 Å². The Bertz CT molecular complexity index is 422. The lowest BCUT2D eigenvalue weighted by Gasteiger charge is -2.40. The van der Waals surface area contributed by atoms with Crippen molar-refractivity contribution in [1.82, 2.24) is 5.32 Å². The topological polar surface area (TPSA) is 66.4 Å². The molecule has 0 spiro atoms. The number of amides is 1. The molecule has 2 N–H and O–H groups in total. The number of nitrogens with one attached hydrogen (secondary N) is 1. The fourth-order valence-corrected chi connectivity index (χ4v) is 4.78. The van der Waals surface area contributed by atoms with E-state index in [9.17, 15) is 14.7 Å². The van der Waals surface area contributed by atoms with Gasteiger partial charge in [-0.25, -0.2) is 4.79 Å². The van der Waals surface area contributed by atoms with Gasteiger partial charge in [0.15, 0.2) is 0 Å². The van der Waals surface area contributed by atoms with Gasteiger partial charge in [0.1, 0.15) is 5.54 Å². The lowest BCUT2D eigenvalue weighted by Crippen LogP contribution is -2.61. The summed E-state index contributed by atoms with van der Waals surface area (Å²) in [6.45, 7) is 1.97. The zero-order valence-corrected chi connectivity index (χ0v) is 12.2. The number of carbonyl (C=O) groups excluding carboxylic acids is 1. The monoisotopic (exact) mass is 279 g/mol. The van der Waals surface area contributed by atoms with Crippen molar-refractivity contribution in [2.24, 2.45) is 23.7 Å². The number of carboxylic acids is 1. The molecule has 2 bridgehead atoms. The average Bonchev–Trinajstić information content (AvgIpc) is 3.03. The number of carboxylic acid groups (broad SMARTS) is 1. The third kappa shape index (κ3) is 2.13. The molecule has 0 heterocycles. The van der Waals surface area contributed by atoms with Crippen molar-refractivity contribution in [3.63, 3.8) is 0 Å². The molecule has 0 aromatic carbocycles. The van der Waals surface area contributed by atoms with Gasteiger partial charge >= 0.3 is 5.97 Å². The molecule has 3 aliphatic carbocycles. The van der Waals surface area contributed by atoms with Gasteiger partial charge in [-0.3, -0.25) is 4.79 Å². The largest absolute Gasteiger partial charge is 0.479 e. The molecule has 3 rings (SSSR count). The van der Waals surface area contributed by atoms with Gasteiger partial charge in [-0.1, -0.05) is 26.2 Å². The summed E-state index contributed by atoms with van der Waals surface area (Å²) >= 11 is 0. The molecule has 4 nitrogen and oxygen atoms in total. The number of carbonyl (C=O) groups is 2. The second-order valence-corrected chi connectivity index (χ2v) is 7.19. The Hall–Kier alpha value is -1.06. The van der Waals surface area contributed by atoms with E-state index in [1.54, 1.807) is 0 Å². The third-order valence-electron chi connectivity index (χ3n) is 6.10. The predicted molar refractivity (Wildman–Crippen MR) is 75.1 cm³/mol. The molecule has 3 saturated carbocycles. The van der Waals surface area contributed by atoms with Gasteiger partial charge in [0.2, 0.25) is 5.91 Å². The van der Waals surface area contributed by atoms with E-state index in [0.717, 1.165) is 32.1 Å². The van der Waals surface area contributed by atoms with Crippen molar-refractivity contribution in [1.29, 1.82) is 0 Å². The Balaban J connectivity index is 1.73. The SMILES string of the molecule is CC1CCCCC1(NC(=O)C1CC2CCC1C2)C(=O)O. The van der Waals surface area contributed by atoms with Gasteiger partial charge < -0.3 is 10.4 Å². The first-order valence-corrected chi connectivity index (χ1v) is 8.08. The Morgan fingerprint density at radius 2 is 1.95 bits per heavy atom. The van der Waals surface area contributed by atoms with Crippen molar-refractivity contribution in [3.05, 3.63) is 0 Å². The zero-order valence-electron chi connectivity index (χ0n) is 12.2. The summed E-state index contributed by atoms with van der Waals surface area (Å²) in [5.74, 6) is 0.468. The van der Waals surface area contributed by atoms with Crippen LogP contribution in [0, 0.1) is 23.7 Å². The van der Waals surface area contributed by atoms with Gasteiger partial charge in [-0.2, -0.15) is 0 Å². The number of aliphatic carboxylic acids is 1. The van der Waals surface area contributed by atoms with Crippen LogP contribution in [0.25, 0.3) is 0 Å². The molecule has 0 radical (unpaired) electrons. The molecule has 5 unspecified atom stereocenters. The highest BCUT2D eigenvalue weighted by atomic mass is 16.4. The Kier molecular flexibility index (Phi) is 3.51. The van der Waals surface area contributed by atoms with Gasteiger partial charge in [0.25, 0.3) is 0 Å². The highest BCUT2D eigenvalue weighted by Gasteiger charge is 2.50. The van der Waals surface area contributed by atoms with Crippen LogP contribution in [-0.4, -0.2) is 22.5 Å². The first-order chi connectivity index (χ1) is 9.53. The standard InChI is InChI=1S/C16H25NO3/c1-10-4-2-3-7-16(10,15(19)20)17-14(18)13-9-11-5-6-12(13)8-11/h10-13H,2-9H2,1H3,(H,17,18)(H,19,20). The fraction of sp³-hybridized carbons (Fsp3) is 0.875. The second-order valence-electron chi connectivity index (χ2n) is 7.19. The summed E-state index contributed by atoms with van der Waals surface area (Å²) < 4.78 is 0. The highest BCUT2D eigenvalue weighted by Crippen LogP contribution is 2.48. The molecular formula is C16H25NO3. The van der Waals surface area contributed by atoms with E-state index < -0.39 is 11.5 Å². The van der Waals surface area contributed by atoms with E-state index in [-0.39, 0.29) is 17.7 Å². The minimum Gasteiger partial charge on any atom is -0.479 e. The van der Waals surface area contributed by atoms with Crippen molar-refractivity contribution in [2.45, 2.75) is 63.8 Å². The smallest absolute Gasteiger partial charge is 0.329 e. The van der Waals surface area contributed by atoms with Crippen LogP contribution in [0.2, 0.25) is 0 Å². The normalized spacial score (nSPS) is 43.5. The van der Waals surface area contributed by atoms with Crippen molar-refractivity contribution in [3.8, 4) is 0 Å². The Morgan fingerprint density at radius 3 is 2.50 bits per heavy atom. The average molecular weight is 279 g/mol. The van der Waals surface area contributed by atoms with Crippen LogP contribution in [0.1, 0.15) is 58.3 Å². The molecule has 5 atom stereocenters. The van der Waals surface area contributed by atoms with E-state index in [4.69, 9.17) is 0 Å². The molecule has 112 valence electrons. The van der Waals surface area contributed by atoms with E-state index in [1.165, 1.54) is 12.8 Å². The van der Waals surface area contributed by atoms with Crippen molar-refractivity contribution in [2.75, 3.05) is 0 Å². The molecule has 20 heavy (non-hydrogen) atoms. The van der Waals surface area contributed by atoms with Crippen molar-refractivity contribution >= 4 is 11.9 Å².